The molecule has 0 fully saturated rings. The first-order chi connectivity index (χ1) is 16.9. The van der Waals surface area contributed by atoms with Crippen LogP contribution in [0.15, 0.2) is 66.9 Å². The molecule has 0 bridgehead atoms. The van der Waals surface area contributed by atoms with Gasteiger partial charge in [0.1, 0.15) is 5.75 Å². The number of nitrogens with zero attached hydrogens (tertiary/aromatic N) is 2. The standard InChI is InChI=1S/C27H26F3N3O3/c1-17(33-25(35)26(2,3)36-24-15-21(11-12-32-24)27(28,29)30)23(14-18-7-9-22(34)10-8-18)20-6-4-5-19(13-20)16-31/h4-13,15,17,23,34H,14H2,1-3H3,(H,33,35)/t17-,23+/m0/s1. The zero-order valence-corrected chi connectivity index (χ0v) is 20.0. The number of nitriles is 1. The van der Waals surface area contributed by atoms with Gasteiger partial charge in [-0.15, -0.1) is 0 Å². The molecule has 3 aromatic rings. The molecule has 2 atom stereocenters. The van der Waals surface area contributed by atoms with Gasteiger partial charge in [-0.05, 0) is 68.7 Å². The number of hydrogen-bond donors (Lipinski definition) is 2. The molecular formula is C27H26F3N3O3. The van der Waals surface area contributed by atoms with E-state index in [1.807, 2.05) is 6.07 Å². The molecule has 0 unspecified atom stereocenters. The molecule has 6 nitrogen and oxygen atoms in total. The maximum atomic E-state index is 13.1. The molecule has 2 aromatic carbocycles. The number of alkyl halides is 3. The number of amides is 1. The Kier molecular flexibility index (Phi) is 7.88. The van der Waals surface area contributed by atoms with Gasteiger partial charge < -0.3 is 15.2 Å². The molecule has 9 heteroatoms. The van der Waals surface area contributed by atoms with E-state index in [-0.39, 0.29) is 17.5 Å². The van der Waals surface area contributed by atoms with E-state index >= 15 is 0 Å². The van der Waals surface area contributed by atoms with Crippen LogP contribution in [0.5, 0.6) is 11.6 Å². The van der Waals surface area contributed by atoms with Gasteiger partial charge in [0.15, 0.2) is 5.60 Å². The number of carbonyl (C=O) groups excluding carboxylic acids is 1. The first-order valence-corrected chi connectivity index (χ1v) is 11.2. The fourth-order valence-corrected chi connectivity index (χ4v) is 3.74. The second-order valence-electron chi connectivity index (χ2n) is 8.97. The van der Waals surface area contributed by atoms with Gasteiger partial charge >= 0.3 is 6.18 Å². The van der Waals surface area contributed by atoms with Crippen molar-refractivity contribution in [1.29, 1.82) is 5.26 Å². The van der Waals surface area contributed by atoms with Crippen molar-refractivity contribution in [1.82, 2.24) is 10.3 Å². The summed E-state index contributed by atoms with van der Waals surface area (Å²) in [5, 5.41) is 21.8. The number of ether oxygens (including phenoxy) is 1. The van der Waals surface area contributed by atoms with E-state index in [2.05, 4.69) is 16.4 Å². The maximum absolute atomic E-state index is 13.1. The lowest BCUT2D eigenvalue weighted by atomic mass is 9.85. The molecule has 2 N–H and O–H groups in total. The Morgan fingerprint density at radius 3 is 2.47 bits per heavy atom. The maximum Gasteiger partial charge on any atom is 0.416 e. The molecule has 0 saturated carbocycles. The van der Waals surface area contributed by atoms with E-state index in [1.165, 1.54) is 13.8 Å². The number of rotatable bonds is 8. The van der Waals surface area contributed by atoms with Crippen LogP contribution < -0.4 is 10.1 Å². The van der Waals surface area contributed by atoms with Gasteiger partial charge in [0.2, 0.25) is 5.88 Å². The first kappa shape index (κ1) is 26.5. The summed E-state index contributed by atoms with van der Waals surface area (Å²) in [5.41, 5.74) is -0.245. The zero-order chi connectivity index (χ0) is 26.5. The van der Waals surface area contributed by atoms with Gasteiger partial charge in [0.25, 0.3) is 5.91 Å². The van der Waals surface area contributed by atoms with Crippen LogP contribution in [-0.4, -0.2) is 27.6 Å². The van der Waals surface area contributed by atoms with Crippen molar-refractivity contribution in [3.8, 4) is 17.7 Å². The highest BCUT2D eigenvalue weighted by Crippen LogP contribution is 2.31. The average Bonchev–Trinajstić information content (AvgIpc) is 2.83. The van der Waals surface area contributed by atoms with E-state index in [4.69, 9.17) is 4.74 Å². The minimum Gasteiger partial charge on any atom is -0.508 e. The third-order valence-corrected chi connectivity index (χ3v) is 5.77. The van der Waals surface area contributed by atoms with Crippen molar-refractivity contribution in [3.05, 3.63) is 89.1 Å². The zero-order valence-electron chi connectivity index (χ0n) is 20.0. The largest absolute Gasteiger partial charge is 0.508 e. The molecule has 0 aliphatic rings. The summed E-state index contributed by atoms with van der Waals surface area (Å²) in [7, 11) is 0. The molecule has 1 amide bonds. The van der Waals surface area contributed by atoms with Gasteiger partial charge in [0, 0.05) is 24.2 Å². The SMILES string of the molecule is C[C@H](NC(=O)C(C)(C)Oc1cc(C(F)(F)F)ccn1)[C@@H](Cc1ccc(O)cc1)c1cccc(C#N)c1. The second-order valence-corrected chi connectivity index (χ2v) is 8.97. The predicted octanol–water partition coefficient (Wildman–Crippen LogP) is 5.37. The summed E-state index contributed by atoms with van der Waals surface area (Å²) in [6.45, 7) is 4.70. The first-order valence-electron chi connectivity index (χ1n) is 11.2. The summed E-state index contributed by atoms with van der Waals surface area (Å²) < 4.78 is 44.7. The molecule has 1 aromatic heterocycles. The van der Waals surface area contributed by atoms with Crippen LogP contribution in [0.4, 0.5) is 13.2 Å². The molecule has 0 aliphatic carbocycles. The predicted molar refractivity (Wildman–Crippen MR) is 127 cm³/mol. The highest BCUT2D eigenvalue weighted by molar-refractivity contribution is 5.85. The third-order valence-electron chi connectivity index (χ3n) is 5.77. The van der Waals surface area contributed by atoms with Crippen molar-refractivity contribution >= 4 is 5.91 Å². The van der Waals surface area contributed by atoms with Crippen molar-refractivity contribution < 1.29 is 27.8 Å². The Bertz CT molecular complexity index is 1250. The Hall–Kier alpha value is -4.06. The molecule has 0 aliphatic heterocycles. The lowest BCUT2D eigenvalue weighted by molar-refractivity contribution is -0.138. The van der Waals surface area contributed by atoms with Crippen molar-refractivity contribution in [3.63, 3.8) is 0 Å². The quantitative estimate of drug-likeness (QED) is 0.437. The van der Waals surface area contributed by atoms with E-state index in [0.29, 0.717) is 12.0 Å². The number of carbonyl (C=O) groups is 1. The Morgan fingerprint density at radius 1 is 1.14 bits per heavy atom. The van der Waals surface area contributed by atoms with E-state index in [9.17, 15) is 28.3 Å². The Balaban J connectivity index is 1.82. The summed E-state index contributed by atoms with van der Waals surface area (Å²) in [6, 6.07) is 17.0. The molecule has 36 heavy (non-hydrogen) atoms. The molecule has 0 saturated heterocycles. The normalized spacial score (nSPS) is 13.4. The summed E-state index contributed by atoms with van der Waals surface area (Å²) >= 11 is 0. The van der Waals surface area contributed by atoms with Crippen LogP contribution in [0.25, 0.3) is 0 Å². The molecule has 188 valence electrons. The number of pyridine rings is 1. The number of nitrogens with one attached hydrogen (secondary N) is 1. The Morgan fingerprint density at radius 2 is 1.83 bits per heavy atom. The van der Waals surface area contributed by atoms with Crippen LogP contribution in [-0.2, 0) is 17.4 Å². The van der Waals surface area contributed by atoms with Gasteiger partial charge in [-0.3, -0.25) is 4.79 Å². The molecular weight excluding hydrogens is 471 g/mol. The fourth-order valence-electron chi connectivity index (χ4n) is 3.74. The number of hydrogen-bond acceptors (Lipinski definition) is 5. The van der Waals surface area contributed by atoms with E-state index in [1.54, 1.807) is 49.4 Å². The van der Waals surface area contributed by atoms with Crippen LogP contribution in [0.1, 0.15) is 48.9 Å². The van der Waals surface area contributed by atoms with Crippen molar-refractivity contribution in [2.45, 2.75) is 50.9 Å². The van der Waals surface area contributed by atoms with Crippen LogP contribution in [0.3, 0.4) is 0 Å². The molecule has 0 radical (unpaired) electrons. The lowest BCUT2D eigenvalue weighted by Gasteiger charge is -2.31. The van der Waals surface area contributed by atoms with E-state index in [0.717, 1.165) is 29.5 Å². The van der Waals surface area contributed by atoms with Gasteiger partial charge in [0.05, 0.1) is 17.2 Å². The number of aromatic nitrogens is 1. The van der Waals surface area contributed by atoms with Crippen LogP contribution in [0.2, 0.25) is 0 Å². The van der Waals surface area contributed by atoms with Crippen molar-refractivity contribution in [2.75, 3.05) is 0 Å². The van der Waals surface area contributed by atoms with E-state index < -0.39 is 29.3 Å². The minimum atomic E-state index is -4.57. The molecule has 3 rings (SSSR count). The number of phenolic OH excluding ortho intramolecular Hbond substituents is 1. The van der Waals surface area contributed by atoms with Crippen LogP contribution in [0, 0.1) is 11.3 Å². The topological polar surface area (TPSA) is 95.2 Å². The highest BCUT2D eigenvalue weighted by Gasteiger charge is 2.35. The van der Waals surface area contributed by atoms with Gasteiger partial charge in [-0.25, -0.2) is 4.98 Å². The lowest BCUT2D eigenvalue weighted by Crippen LogP contribution is -2.51. The number of benzene rings is 2. The number of phenols is 1. The van der Waals surface area contributed by atoms with Gasteiger partial charge in [-0.1, -0.05) is 24.3 Å². The average molecular weight is 498 g/mol. The van der Waals surface area contributed by atoms with Crippen molar-refractivity contribution in [2.24, 2.45) is 0 Å². The fraction of sp³-hybridized carbons (Fsp3) is 0.296. The summed E-state index contributed by atoms with van der Waals surface area (Å²) in [6.07, 6.45) is -3.10. The Labute approximate surface area is 207 Å². The number of aromatic hydroxyl groups is 1. The van der Waals surface area contributed by atoms with Crippen LogP contribution >= 0.6 is 0 Å². The summed E-state index contributed by atoms with van der Waals surface area (Å²) in [4.78, 5) is 17.0. The smallest absolute Gasteiger partial charge is 0.416 e. The monoisotopic (exact) mass is 497 g/mol. The third kappa shape index (κ3) is 6.75. The molecule has 1 heterocycles. The molecule has 0 spiro atoms. The summed E-state index contributed by atoms with van der Waals surface area (Å²) in [5.74, 6) is -0.985. The second kappa shape index (κ2) is 10.7. The highest BCUT2D eigenvalue weighted by atomic mass is 19.4. The van der Waals surface area contributed by atoms with Gasteiger partial charge in [-0.2, -0.15) is 18.4 Å². The minimum absolute atomic E-state index is 0.130. The number of halogens is 3.